The van der Waals surface area contributed by atoms with Gasteiger partial charge in [-0.1, -0.05) is 256 Å². The van der Waals surface area contributed by atoms with Crippen LogP contribution in [0.15, 0.2) is 36.4 Å². The molecule has 0 saturated heterocycles. The predicted molar refractivity (Wildman–Crippen MR) is 303 cm³/mol. The summed E-state index contributed by atoms with van der Waals surface area (Å²) in [5, 5.41) is 6.63. The first-order chi connectivity index (χ1) is 29.4. The molecule has 0 heterocycles. The van der Waals surface area contributed by atoms with Gasteiger partial charge in [0.2, 0.25) is 0 Å². The van der Waals surface area contributed by atoms with Crippen molar-refractivity contribution in [2.45, 2.75) is 259 Å². The molecule has 2 N–H and O–H groups in total. The van der Waals surface area contributed by atoms with E-state index in [0.29, 0.717) is 8.64 Å². The summed E-state index contributed by atoms with van der Waals surface area (Å²) in [5.74, 6) is 0. The Kier molecular flexibility index (Phi) is 65.4. The Bertz CT molecular complexity index is 1240. The van der Waals surface area contributed by atoms with Crippen molar-refractivity contribution in [1.29, 1.82) is 0 Å². The number of benzene rings is 2. The Morgan fingerprint density at radius 3 is 0.800 bits per heavy atom. The zero-order chi connectivity index (χ0) is 43.7. The maximum Gasteiger partial charge on any atom is 2.00 e. The summed E-state index contributed by atoms with van der Waals surface area (Å²) in [6.07, 6.45) is 48.5. The van der Waals surface area contributed by atoms with Crippen LogP contribution in [0.1, 0.15) is 255 Å². The molecule has 360 valence electrons. The van der Waals surface area contributed by atoms with Gasteiger partial charge in [0.25, 0.3) is 0 Å². The molecule has 0 spiro atoms. The summed E-state index contributed by atoms with van der Waals surface area (Å²) in [6.45, 7) is 9.14. The fourth-order valence-corrected chi connectivity index (χ4v) is 9.02. The fraction of sp³-hybridized carbons (Fsp3) is 0.741. The van der Waals surface area contributed by atoms with Crippen LogP contribution in [0.25, 0.3) is 0 Å². The summed E-state index contributed by atoms with van der Waals surface area (Å²) in [7, 11) is 0. The van der Waals surface area contributed by atoms with Gasteiger partial charge in [-0.15, -0.1) is 25.3 Å². The zero-order valence-corrected chi connectivity index (χ0v) is 56.5. The molecule has 0 aliphatic heterocycles. The molecule has 0 aliphatic rings. The standard InChI is InChI=1S/2C27H47NS2.2S.3Zn/c2*1-3-5-7-9-11-13-15-17-20-24-21-19-23-26(28-27(29)30)25(24)22-18-16-14-12-10-8-6-4-2;;;;;/h2*19,21,23H,3-18,20,22H2,1-2H3,(H2,28,29,30);;;;;/q;;2*-2;3*+2. The predicted octanol–water partition coefficient (Wildman–Crippen LogP) is 19.3. The van der Waals surface area contributed by atoms with Gasteiger partial charge in [-0.25, -0.2) is 0 Å². The fourth-order valence-electron chi connectivity index (χ4n) is 8.56. The summed E-state index contributed by atoms with van der Waals surface area (Å²) in [6, 6.07) is 13.3. The minimum absolute atomic E-state index is 0. The second-order valence-corrected chi connectivity index (χ2v) is 20.0. The number of thiol groups is 2. The van der Waals surface area contributed by atoms with E-state index in [4.69, 9.17) is 24.4 Å². The number of unbranched alkanes of at least 4 members (excludes halogenated alkanes) is 28. The van der Waals surface area contributed by atoms with Crippen LogP contribution in [-0.4, -0.2) is 8.64 Å². The number of anilines is 2. The van der Waals surface area contributed by atoms with Gasteiger partial charge in [0.1, 0.15) is 8.64 Å². The van der Waals surface area contributed by atoms with Gasteiger partial charge in [-0.3, -0.25) is 0 Å². The molecule has 0 radical (unpaired) electrons. The van der Waals surface area contributed by atoms with Gasteiger partial charge >= 0.3 is 58.4 Å². The van der Waals surface area contributed by atoms with E-state index < -0.39 is 0 Å². The van der Waals surface area contributed by atoms with Gasteiger partial charge in [0, 0.05) is 11.4 Å². The minimum atomic E-state index is 0. The number of nitrogens with one attached hydrogen (secondary N) is 2. The number of thiocarbonyl (C=S) groups is 2. The molecule has 0 amide bonds. The Morgan fingerprint density at radius 2 is 0.569 bits per heavy atom. The van der Waals surface area contributed by atoms with E-state index in [0.717, 1.165) is 12.8 Å². The van der Waals surface area contributed by atoms with E-state index in [2.05, 4.69) is 100.0 Å². The van der Waals surface area contributed by atoms with E-state index in [1.807, 2.05) is 0 Å². The van der Waals surface area contributed by atoms with Crippen molar-refractivity contribution in [3.8, 4) is 0 Å². The second kappa shape index (κ2) is 56.4. The first-order valence-corrected chi connectivity index (χ1v) is 27.3. The molecule has 0 atom stereocenters. The molecule has 0 aromatic heterocycles. The third kappa shape index (κ3) is 44.0. The average Bonchev–Trinajstić information content (AvgIpc) is 3.23. The molecular weight excluding hydrogens is 1070 g/mol. The SMILES string of the molecule is CCCCCCCCCCc1cccc(NC(=S)S)c1CCCCCCCCCC.CCCCCCCCCCc1cccc(NC(=S)S)c1CCCCCCCCCC.[S-2].[S-2].[Zn+2].[Zn+2].[Zn+2]. The van der Waals surface area contributed by atoms with Crippen LogP contribution in [0.5, 0.6) is 0 Å². The van der Waals surface area contributed by atoms with Crippen LogP contribution < -0.4 is 10.6 Å². The third-order valence-corrected chi connectivity index (χ3v) is 12.6. The van der Waals surface area contributed by atoms with E-state index in [9.17, 15) is 0 Å². The summed E-state index contributed by atoms with van der Waals surface area (Å²) >= 11 is 19.0. The van der Waals surface area contributed by atoms with Crippen LogP contribution in [-0.2, 0) is 111 Å². The van der Waals surface area contributed by atoms with Crippen molar-refractivity contribution in [3.05, 3.63) is 58.7 Å². The summed E-state index contributed by atoms with van der Waals surface area (Å²) in [4.78, 5) is 0. The maximum atomic E-state index is 5.20. The molecular formula is C54H94N2S6Zn3+2. The van der Waals surface area contributed by atoms with Gasteiger partial charge in [-0.2, -0.15) is 0 Å². The zero-order valence-electron chi connectivity index (χ0n) is 42.6. The molecule has 0 saturated carbocycles. The molecule has 2 aromatic carbocycles. The Morgan fingerprint density at radius 1 is 0.354 bits per heavy atom. The molecule has 2 nitrogen and oxygen atoms in total. The van der Waals surface area contributed by atoms with Crippen molar-refractivity contribution in [1.82, 2.24) is 0 Å². The number of hydrogen-bond donors (Lipinski definition) is 4. The molecule has 0 fully saturated rings. The van der Waals surface area contributed by atoms with Crippen molar-refractivity contribution in [2.75, 3.05) is 10.6 Å². The van der Waals surface area contributed by atoms with E-state index in [1.54, 1.807) is 0 Å². The topological polar surface area (TPSA) is 24.1 Å². The Balaban J connectivity index is -0.000000343. The van der Waals surface area contributed by atoms with Crippen molar-refractivity contribution >= 4 is 96.7 Å². The minimum Gasteiger partial charge on any atom is -2.00 e. The molecule has 2 aromatic rings. The van der Waals surface area contributed by atoms with Crippen LogP contribution in [0.3, 0.4) is 0 Å². The van der Waals surface area contributed by atoms with Gasteiger partial charge in [0.15, 0.2) is 0 Å². The largest absolute Gasteiger partial charge is 2.00 e. The summed E-state index contributed by atoms with van der Waals surface area (Å²) < 4.78 is 1.13. The molecule has 0 bridgehead atoms. The molecule has 65 heavy (non-hydrogen) atoms. The van der Waals surface area contributed by atoms with Crippen molar-refractivity contribution in [3.63, 3.8) is 0 Å². The number of rotatable bonds is 38. The van der Waals surface area contributed by atoms with Crippen LogP contribution in [0.4, 0.5) is 11.4 Å². The smallest absolute Gasteiger partial charge is 2.00 e. The third-order valence-electron chi connectivity index (χ3n) is 12.2. The average molecular weight is 1160 g/mol. The first-order valence-electron chi connectivity index (χ1n) is 25.6. The van der Waals surface area contributed by atoms with Crippen molar-refractivity contribution in [2.24, 2.45) is 0 Å². The Labute approximate surface area is 478 Å². The van der Waals surface area contributed by atoms with Gasteiger partial charge in [0.05, 0.1) is 0 Å². The maximum absolute atomic E-state index is 5.20. The number of hydrogen-bond acceptors (Lipinski definition) is 2. The van der Waals surface area contributed by atoms with Crippen molar-refractivity contribution < 1.29 is 58.4 Å². The monoisotopic (exact) mass is 1150 g/mol. The quantitative estimate of drug-likeness (QED) is 0.0233. The van der Waals surface area contributed by atoms with Crippen LogP contribution in [0.2, 0.25) is 0 Å². The number of aryl methyl sites for hydroxylation is 2. The van der Waals surface area contributed by atoms with Crippen LogP contribution in [0, 0.1) is 0 Å². The molecule has 0 aliphatic carbocycles. The summed E-state index contributed by atoms with van der Waals surface area (Å²) in [5.41, 5.74) is 8.33. The van der Waals surface area contributed by atoms with Crippen LogP contribution >= 0.6 is 49.7 Å². The molecule has 2 rings (SSSR count). The second-order valence-electron chi connectivity index (χ2n) is 17.6. The van der Waals surface area contributed by atoms with E-state index in [1.165, 1.54) is 252 Å². The van der Waals surface area contributed by atoms with E-state index >= 15 is 0 Å². The molecule has 11 heteroatoms. The van der Waals surface area contributed by atoms with Gasteiger partial charge < -0.3 is 37.6 Å². The Hall–Kier alpha value is 1.49. The first kappa shape index (κ1) is 75.4. The van der Waals surface area contributed by atoms with Gasteiger partial charge in [-0.05, 0) is 85.8 Å². The normalized spacial score (nSPS) is 10.2. The molecule has 0 unspecified atom stereocenters. The van der Waals surface area contributed by atoms with E-state index in [-0.39, 0.29) is 85.4 Å².